The van der Waals surface area contributed by atoms with Gasteiger partial charge in [-0.05, 0) is 61.1 Å². The van der Waals surface area contributed by atoms with Crippen LogP contribution in [0.5, 0.6) is 11.5 Å². The molecule has 1 saturated carbocycles. The van der Waals surface area contributed by atoms with Gasteiger partial charge in [0.05, 0.1) is 12.8 Å². The molecule has 5 rings (SSSR count). The summed E-state index contributed by atoms with van der Waals surface area (Å²) in [5.41, 5.74) is 7.81. The predicted molar refractivity (Wildman–Crippen MR) is 109 cm³/mol. The van der Waals surface area contributed by atoms with Crippen LogP contribution in [0.1, 0.15) is 61.3 Å². The fourth-order valence-electron chi connectivity index (χ4n) is 4.75. The molecule has 0 saturated heterocycles. The van der Waals surface area contributed by atoms with E-state index in [0.717, 1.165) is 48.4 Å². The predicted octanol–water partition coefficient (Wildman–Crippen LogP) is 5.34. The van der Waals surface area contributed by atoms with Gasteiger partial charge >= 0.3 is 0 Å². The van der Waals surface area contributed by atoms with Crippen LogP contribution in [0.15, 0.2) is 48.5 Å². The Labute approximate surface area is 166 Å². The number of ether oxygens (including phenoxy) is 2. The third kappa shape index (κ3) is 3.16. The molecule has 146 valence electrons. The second-order valence-corrected chi connectivity index (χ2v) is 8.10. The fourth-order valence-corrected chi connectivity index (χ4v) is 4.75. The number of rotatable bonds is 4. The standard InChI is InChI=1S/C24H27NO3/c1-26-22-12-10-18(20-16-24(28-25-20)13-5-2-6-14-24)15-23(22)27-21-11-9-17-7-3-4-8-19(17)21/h3-4,7-8,10,12,15-16,21,25H,2,5-6,9,11,13-14H2,1H3. The van der Waals surface area contributed by atoms with Crippen LogP contribution in [0.4, 0.5) is 0 Å². The Hall–Kier alpha value is -2.46. The van der Waals surface area contributed by atoms with Crippen molar-refractivity contribution in [3.05, 3.63) is 65.2 Å². The number of methoxy groups -OCH3 is 1. The summed E-state index contributed by atoms with van der Waals surface area (Å²) < 4.78 is 12.0. The lowest BCUT2D eigenvalue weighted by Gasteiger charge is -2.29. The number of hydrogen-bond donors (Lipinski definition) is 1. The minimum absolute atomic E-state index is 0.0757. The molecule has 4 heteroatoms. The second-order valence-electron chi connectivity index (χ2n) is 8.10. The molecule has 0 bridgehead atoms. The summed E-state index contributed by atoms with van der Waals surface area (Å²) in [6, 6.07) is 14.7. The summed E-state index contributed by atoms with van der Waals surface area (Å²) in [6.07, 6.45) is 10.3. The Morgan fingerprint density at radius 3 is 2.75 bits per heavy atom. The lowest BCUT2D eigenvalue weighted by Crippen LogP contribution is -2.31. The van der Waals surface area contributed by atoms with Crippen LogP contribution >= 0.6 is 0 Å². The average Bonchev–Trinajstić information content (AvgIpc) is 3.33. The van der Waals surface area contributed by atoms with Crippen LogP contribution in [0, 0.1) is 0 Å². The summed E-state index contributed by atoms with van der Waals surface area (Å²) in [5, 5.41) is 0. The van der Waals surface area contributed by atoms with Gasteiger partial charge in [-0.25, -0.2) is 0 Å². The monoisotopic (exact) mass is 377 g/mol. The van der Waals surface area contributed by atoms with Gasteiger partial charge in [0.1, 0.15) is 11.7 Å². The van der Waals surface area contributed by atoms with Crippen molar-refractivity contribution >= 4 is 5.70 Å². The first kappa shape index (κ1) is 17.6. The highest BCUT2D eigenvalue weighted by Gasteiger charge is 2.36. The van der Waals surface area contributed by atoms with E-state index in [1.165, 1.54) is 30.4 Å². The number of benzene rings is 2. The van der Waals surface area contributed by atoms with E-state index in [2.05, 4.69) is 48.0 Å². The molecular formula is C24H27NO3. The number of nitrogens with one attached hydrogen (secondary N) is 1. The van der Waals surface area contributed by atoms with Crippen LogP contribution in [0.2, 0.25) is 0 Å². The smallest absolute Gasteiger partial charge is 0.162 e. The Morgan fingerprint density at radius 2 is 1.89 bits per heavy atom. The van der Waals surface area contributed by atoms with E-state index in [1.54, 1.807) is 7.11 Å². The van der Waals surface area contributed by atoms with Crippen molar-refractivity contribution in [2.45, 2.75) is 56.7 Å². The highest BCUT2D eigenvalue weighted by Crippen LogP contribution is 2.41. The first-order valence-electron chi connectivity index (χ1n) is 10.4. The molecule has 2 aliphatic carbocycles. The third-order valence-electron chi connectivity index (χ3n) is 6.29. The first-order valence-corrected chi connectivity index (χ1v) is 10.4. The summed E-state index contributed by atoms with van der Waals surface area (Å²) in [4.78, 5) is 6.01. The van der Waals surface area contributed by atoms with Crippen LogP contribution in [0.3, 0.4) is 0 Å². The lowest BCUT2D eigenvalue weighted by molar-refractivity contribution is -0.0557. The Balaban J connectivity index is 1.42. The molecule has 0 radical (unpaired) electrons. The highest BCUT2D eigenvalue weighted by molar-refractivity contribution is 5.68. The number of aryl methyl sites for hydroxylation is 1. The van der Waals surface area contributed by atoms with E-state index in [-0.39, 0.29) is 11.7 Å². The van der Waals surface area contributed by atoms with Crippen molar-refractivity contribution in [3.63, 3.8) is 0 Å². The molecule has 4 nitrogen and oxygen atoms in total. The van der Waals surface area contributed by atoms with Crippen molar-refractivity contribution < 1.29 is 14.3 Å². The molecule has 1 spiro atoms. The molecule has 1 aliphatic heterocycles. The normalized spacial score (nSPS) is 22.5. The van der Waals surface area contributed by atoms with Crippen molar-refractivity contribution in [1.29, 1.82) is 0 Å². The summed E-state index contributed by atoms with van der Waals surface area (Å²) in [5.74, 6) is 1.55. The molecule has 1 unspecified atom stereocenters. The van der Waals surface area contributed by atoms with Gasteiger partial charge in [-0.2, -0.15) is 0 Å². The zero-order chi connectivity index (χ0) is 19.0. The van der Waals surface area contributed by atoms with Gasteiger partial charge in [0.15, 0.2) is 11.5 Å². The Morgan fingerprint density at radius 1 is 1.04 bits per heavy atom. The number of hydrogen-bond acceptors (Lipinski definition) is 4. The third-order valence-corrected chi connectivity index (χ3v) is 6.29. The van der Waals surface area contributed by atoms with E-state index in [4.69, 9.17) is 14.3 Å². The maximum Gasteiger partial charge on any atom is 0.162 e. The van der Waals surface area contributed by atoms with Crippen LogP contribution in [-0.2, 0) is 11.3 Å². The van der Waals surface area contributed by atoms with Gasteiger partial charge in [0.2, 0.25) is 0 Å². The second kappa shape index (κ2) is 7.17. The minimum Gasteiger partial charge on any atom is -0.493 e. The SMILES string of the molecule is COc1ccc(C2=CC3(CCCCC3)ON2)cc1OC1CCc2ccccc21. The van der Waals surface area contributed by atoms with Crippen molar-refractivity contribution in [2.75, 3.05) is 7.11 Å². The maximum absolute atomic E-state index is 6.44. The van der Waals surface area contributed by atoms with Gasteiger partial charge in [0, 0.05) is 5.56 Å². The first-order chi connectivity index (χ1) is 13.8. The molecule has 1 atom stereocenters. The zero-order valence-corrected chi connectivity index (χ0v) is 16.4. The van der Waals surface area contributed by atoms with Crippen LogP contribution in [0.25, 0.3) is 5.70 Å². The number of hydroxylamine groups is 1. The summed E-state index contributed by atoms with van der Waals surface area (Å²) >= 11 is 0. The molecule has 1 heterocycles. The van der Waals surface area contributed by atoms with Crippen molar-refractivity contribution in [3.8, 4) is 11.5 Å². The molecule has 28 heavy (non-hydrogen) atoms. The van der Waals surface area contributed by atoms with Crippen molar-refractivity contribution in [2.24, 2.45) is 0 Å². The van der Waals surface area contributed by atoms with Gasteiger partial charge < -0.3 is 9.47 Å². The van der Waals surface area contributed by atoms with E-state index in [0.29, 0.717) is 0 Å². The molecule has 3 aliphatic rings. The zero-order valence-electron chi connectivity index (χ0n) is 16.4. The Kier molecular flexibility index (Phi) is 4.52. The molecule has 0 aromatic heterocycles. The highest BCUT2D eigenvalue weighted by atomic mass is 16.7. The van der Waals surface area contributed by atoms with Gasteiger partial charge in [0.25, 0.3) is 0 Å². The van der Waals surface area contributed by atoms with E-state index in [9.17, 15) is 0 Å². The van der Waals surface area contributed by atoms with Gasteiger partial charge in [-0.1, -0.05) is 43.5 Å². The molecule has 2 aromatic carbocycles. The minimum atomic E-state index is -0.140. The van der Waals surface area contributed by atoms with E-state index < -0.39 is 0 Å². The molecule has 0 amide bonds. The summed E-state index contributed by atoms with van der Waals surface area (Å²) in [6.45, 7) is 0. The van der Waals surface area contributed by atoms with Gasteiger partial charge in [-0.15, -0.1) is 0 Å². The largest absolute Gasteiger partial charge is 0.493 e. The lowest BCUT2D eigenvalue weighted by atomic mass is 9.84. The van der Waals surface area contributed by atoms with Crippen LogP contribution in [-0.4, -0.2) is 12.7 Å². The van der Waals surface area contributed by atoms with E-state index in [1.807, 2.05) is 6.07 Å². The molecule has 1 N–H and O–H groups in total. The average molecular weight is 377 g/mol. The Bertz CT molecular complexity index is 898. The maximum atomic E-state index is 6.44. The topological polar surface area (TPSA) is 39.7 Å². The number of fused-ring (bicyclic) bond motifs is 1. The van der Waals surface area contributed by atoms with Crippen LogP contribution < -0.4 is 15.0 Å². The fraction of sp³-hybridized carbons (Fsp3) is 0.417. The molecule has 1 fully saturated rings. The summed E-state index contributed by atoms with van der Waals surface area (Å²) in [7, 11) is 1.69. The van der Waals surface area contributed by atoms with Gasteiger partial charge in [-0.3, -0.25) is 10.3 Å². The van der Waals surface area contributed by atoms with Crippen molar-refractivity contribution in [1.82, 2.24) is 5.48 Å². The quantitative estimate of drug-likeness (QED) is 0.781. The molecular weight excluding hydrogens is 350 g/mol. The molecule has 2 aromatic rings. The van der Waals surface area contributed by atoms with E-state index >= 15 is 0 Å².